The van der Waals surface area contributed by atoms with Crippen molar-refractivity contribution in [2.75, 3.05) is 6.54 Å². The van der Waals surface area contributed by atoms with Crippen molar-refractivity contribution in [2.24, 2.45) is 5.73 Å². The van der Waals surface area contributed by atoms with Gasteiger partial charge in [-0.3, -0.25) is 9.59 Å². The second-order valence-electron chi connectivity index (χ2n) is 5.28. The van der Waals surface area contributed by atoms with Crippen molar-refractivity contribution < 1.29 is 9.59 Å². The minimum atomic E-state index is -0.240. The second kappa shape index (κ2) is 6.86. The standard InChI is InChI=1S/C15H20N2O2.ClH/c1-11(18)12-4-6-13(7-5-12)14(19)17-15(10-16)8-2-3-9-15;/h4-7H,2-3,8-10,16H2,1H3,(H,17,19);1H. The van der Waals surface area contributed by atoms with E-state index in [1.54, 1.807) is 24.3 Å². The van der Waals surface area contributed by atoms with Crippen LogP contribution in [0.25, 0.3) is 0 Å². The summed E-state index contributed by atoms with van der Waals surface area (Å²) >= 11 is 0. The highest BCUT2D eigenvalue weighted by Crippen LogP contribution is 2.28. The summed E-state index contributed by atoms with van der Waals surface area (Å²) in [4.78, 5) is 23.4. The van der Waals surface area contributed by atoms with Crippen LogP contribution in [0.2, 0.25) is 0 Å². The lowest BCUT2D eigenvalue weighted by Gasteiger charge is -2.28. The fourth-order valence-electron chi connectivity index (χ4n) is 2.60. The molecule has 1 aliphatic rings. The van der Waals surface area contributed by atoms with E-state index in [-0.39, 0.29) is 29.6 Å². The Morgan fingerprint density at radius 3 is 2.10 bits per heavy atom. The molecule has 1 saturated carbocycles. The first-order chi connectivity index (χ1) is 9.06. The molecule has 2 rings (SSSR count). The summed E-state index contributed by atoms with van der Waals surface area (Å²) in [6.07, 6.45) is 4.11. The van der Waals surface area contributed by atoms with E-state index in [1.165, 1.54) is 6.92 Å². The van der Waals surface area contributed by atoms with Crippen molar-refractivity contribution >= 4 is 24.1 Å². The molecule has 0 bridgehead atoms. The molecule has 5 heteroatoms. The summed E-state index contributed by atoms with van der Waals surface area (Å²) in [6, 6.07) is 6.73. The highest BCUT2D eigenvalue weighted by atomic mass is 35.5. The molecule has 1 aromatic carbocycles. The molecule has 0 heterocycles. The number of carbonyl (C=O) groups excluding carboxylic acids is 2. The molecule has 0 unspecified atom stereocenters. The molecule has 110 valence electrons. The van der Waals surface area contributed by atoms with Crippen LogP contribution >= 0.6 is 12.4 Å². The van der Waals surface area contributed by atoms with Crippen LogP contribution in [0.1, 0.15) is 53.3 Å². The van der Waals surface area contributed by atoms with E-state index >= 15 is 0 Å². The highest BCUT2D eigenvalue weighted by molar-refractivity contribution is 5.98. The number of Topliss-reactive ketones (excluding diaryl/α,β-unsaturated/α-hetero) is 1. The monoisotopic (exact) mass is 296 g/mol. The zero-order valence-corrected chi connectivity index (χ0v) is 12.5. The van der Waals surface area contributed by atoms with Gasteiger partial charge in [0.2, 0.25) is 0 Å². The molecule has 0 spiro atoms. The number of benzene rings is 1. The van der Waals surface area contributed by atoms with Crippen molar-refractivity contribution in [1.82, 2.24) is 5.32 Å². The van der Waals surface area contributed by atoms with Crippen LogP contribution in [-0.2, 0) is 0 Å². The van der Waals surface area contributed by atoms with Gasteiger partial charge in [-0.15, -0.1) is 12.4 Å². The van der Waals surface area contributed by atoms with Crippen LogP contribution in [0.15, 0.2) is 24.3 Å². The maximum atomic E-state index is 12.2. The van der Waals surface area contributed by atoms with Gasteiger partial charge >= 0.3 is 0 Å². The minimum absolute atomic E-state index is 0. The number of carbonyl (C=O) groups is 2. The molecule has 1 fully saturated rings. The largest absolute Gasteiger partial charge is 0.345 e. The van der Waals surface area contributed by atoms with E-state index in [9.17, 15) is 9.59 Å². The summed E-state index contributed by atoms with van der Waals surface area (Å²) in [5, 5.41) is 3.06. The fraction of sp³-hybridized carbons (Fsp3) is 0.467. The van der Waals surface area contributed by atoms with Crippen LogP contribution in [0, 0.1) is 0 Å². The average molecular weight is 297 g/mol. The lowest BCUT2D eigenvalue weighted by molar-refractivity contribution is 0.0902. The number of nitrogens with two attached hydrogens (primary N) is 1. The topological polar surface area (TPSA) is 72.2 Å². The Morgan fingerprint density at radius 2 is 1.65 bits per heavy atom. The molecule has 1 amide bonds. The van der Waals surface area contributed by atoms with E-state index in [0.717, 1.165) is 25.7 Å². The number of hydrogen-bond acceptors (Lipinski definition) is 3. The lowest BCUT2D eigenvalue weighted by Crippen LogP contribution is -2.51. The van der Waals surface area contributed by atoms with Gasteiger partial charge in [0.05, 0.1) is 5.54 Å². The normalized spacial score (nSPS) is 16.3. The minimum Gasteiger partial charge on any atom is -0.345 e. The molecule has 4 nitrogen and oxygen atoms in total. The first kappa shape index (κ1) is 16.7. The fourth-order valence-corrected chi connectivity index (χ4v) is 2.60. The van der Waals surface area contributed by atoms with Crippen molar-refractivity contribution in [3.05, 3.63) is 35.4 Å². The Labute approximate surface area is 125 Å². The molecule has 0 aliphatic heterocycles. The van der Waals surface area contributed by atoms with Gasteiger partial charge in [0, 0.05) is 17.7 Å². The molecular formula is C15H21ClN2O2. The lowest BCUT2D eigenvalue weighted by atomic mass is 9.97. The van der Waals surface area contributed by atoms with Crippen LogP contribution < -0.4 is 11.1 Å². The second-order valence-corrected chi connectivity index (χ2v) is 5.28. The van der Waals surface area contributed by atoms with Crippen molar-refractivity contribution in [3.63, 3.8) is 0 Å². The van der Waals surface area contributed by atoms with Gasteiger partial charge in [0.25, 0.3) is 5.91 Å². The van der Waals surface area contributed by atoms with Crippen molar-refractivity contribution in [3.8, 4) is 0 Å². The summed E-state index contributed by atoms with van der Waals surface area (Å²) < 4.78 is 0. The molecule has 20 heavy (non-hydrogen) atoms. The van der Waals surface area contributed by atoms with Crippen LogP contribution in [0.3, 0.4) is 0 Å². The Hall–Kier alpha value is -1.39. The number of nitrogens with one attached hydrogen (secondary N) is 1. The predicted octanol–water partition coefficient (Wildman–Crippen LogP) is 2.31. The van der Waals surface area contributed by atoms with E-state index in [4.69, 9.17) is 5.73 Å². The highest BCUT2D eigenvalue weighted by Gasteiger charge is 2.33. The molecule has 0 atom stereocenters. The van der Waals surface area contributed by atoms with Gasteiger partial charge in [-0.25, -0.2) is 0 Å². The number of halogens is 1. The van der Waals surface area contributed by atoms with Crippen LogP contribution in [-0.4, -0.2) is 23.8 Å². The molecular weight excluding hydrogens is 276 g/mol. The molecule has 0 aromatic heterocycles. The average Bonchev–Trinajstić information content (AvgIpc) is 2.88. The van der Waals surface area contributed by atoms with Gasteiger partial charge in [0.15, 0.2) is 5.78 Å². The van der Waals surface area contributed by atoms with Gasteiger partial charge in [-0.2, -0.15) is 0 Å². The Morgan fingerprint density at radius 1 is 1.15 bits per heavy atom. The zero-order chi connectivity index (χ0) is 13.9. The van der Waals surface area contributed by atoms with Gasteiger partial charge in [0.1, 0.15) is 0 Å². The maximum absolute atomic E-state index is 12.2. The van der Waals surface area contributed by atoms with E-state index < -0.39 is 0 Å². The number of rotatable bonds is 4. The summed E-state index contributed by atoms with van der Waals surface area (Å²) in [7, 11) is 0. The third kappa shape index (κ3) is 3.58. The molecule has 3 N–H and O–H groups in total. The van der Waals surface area contributed by atoms with E-state index in [0.29, 0.717) is 17.7 Å². The Bertz CT molecular complexity index is 479. The number of hydrogen-bond donors (Lipinski definition) is 2. The van der Waals surface area contributed by atoms with Crippen molar-refractivity contribution in [1.29, 1.82) is 0 Å². The van der Waals surface area contributed by atoms with E-state index in [2.05, 4.69) is 5.32 Å². The van der Waals surface area contributed by atoms with Gasteiger partial charge < -0.3 is 11.1 Å². The summed E-state index contributed by atoms with van der Waals surface area (Å²) in [5.41, 5.74) is 6.75. The summed E-state index contributed by atoms with van der Waals surface area (Å²) in [6.45, 7) is 1.99. The zero-order valence-electron chi connectivity index (χ0n) is 11.6. The number of ketones is 1. The third-order valence-corrected chi connectivity index (χ3v) is 3.88. The Balaban J connectivity index is 0.00000200. The Kier molecular flexibility index (Phi) is 5.72. The van der Waals surface area contributed by atoms with Crippen LogP contribution in [0.5, 0.6) is 0 Å². The van der Waals surface area contributed by atoms with Gasteiger partial charge in [-0.1, -0.05) is 25.0 Å². The van der Waals surface area contributed by atoms with Crippen molar-refractivity contribution in [2.45, 2.75) is 38.1 Å². The predicted molar refractivity (Wildman–Crippen MR) is 81.4 cm³/mol. The van der Waals surface area contributed by atoms with Crippen LogP contribution in [0.4, 0.5) is 0 Å². The number of amides is 1. The van der Waals surface area contributed by atoms with E-state index in [1.807, 2.05) is 0 Å². The van der Waals surface area contributed by atoms with Gasteiger partial charge in [-0.05, 0) is 31.9 Å². The molecule has 0 saturated heterocycles. The molecule has 1 aliphatic carbocycles. The maximum Gasteiger partial charge on any atom is 0.251 e. The third-order valence-electron chi connectivity index (χ3n) is 3.88. The summed E-state index contributed by atoms with van der Waals surface area (Å²) in [5.74, 6) is -0.108. The molecule has 1 aromatic rings. The quantitative estimate of drug-likeness (QED) is 0.838. The smallest absolute Gasteiger partial charge is 0.251 e. The molecule has 0 radical (unpaired) electrons. The first-order valence-electron chi connectivity index (χ1n) is 6.70. The first-order valence-corrected chi connectivity index (χ1v) is 6.70. The SMILES string of the molecule is CC(=O)c1ccc(C(=O)NC2(CN)CCCC2)cc1.Cl.